The van der Waals surface area contributed by atoms with Gasteiger partial charge in [0, 0.05) is 6.04 Å². The number of sulfonamides is 1. The first kappa shape index (κ1) is 13.3. The molecule has 0 radical (unpaired) electrons. The third kappa shape index (κ3) is 2.62. The van der Waals surface area contributed by atoms with E-state index in [-0.39, 0.29) is 6.04 Å². The molecule has 20 heavy (non-hydrogen) atoms. The Hall–Kier alpha value is -1.65. The number of benzene rings is 2. The standard InChI is InChI=1S/C16H17NO2S/c18-20(19,14-9-2-1-3-10-14)17-16-12-6-8-13-7-4-5-11-15(13)16/h1-5,7,9-11,16-17H,6,8,12H2/t16-/m0/s1. The highest BCUT2D eigenvalue weighted by molar-refractivity contribution is 7.89. The van der Waals surface area contributed by atoms with Gasteiger partial charge in [-0.15, -0.1) is 0 Å². The summed E-state index contributed by atoms with van der Waals surface area (Å²) in [4.78, 5) is 0.322. The van der Waals surface area contributed by atoms with Crippen LogP contribution < -0.4 is 4.72 Å². The Morgan fingerprint density at radius 2 is 1.65 bits per heavy atom. The summed E-state index contributed by atoms with van der Waals surface area (Å²) in [6.45, 7) is 0. The Morgan fingerprint density at radius 3 is 2.45 bits per heavy atom. The van der Waals surface area contributed by atoms with Gasteiger partial charge in [-0.25, -0.2) is 13.1 Å². The third-order valence-electron chi connectivity index (χ3n) is 3.72. The average Bonchev–Trinajstić information content (AvgIpc) is 2.48. The second-order valence-corrected chi connectivity index (χ2v) is 6.79. The van der Waals surface area contributed by atoms with Gasteiger partial charge in [0.05, 0.1) is 4.90 Å². The molecular formula is C16H17NO2S. The number of nitrogens with one attached hydrogen (secondary N) is 1. The molecule has 1 aliphatic rings. The SMILES string of the molecule is O=S(=O)(N[C@H]1CCCc2ccccc21)c1ccccc1. The summed E-state index contributed by atoms with van der Waals surface area (Å²) in [6.07, 6.45) is 2.89. The van der Waals surface area contributed by atoms with E-state index < -0.39 is 10.0 Å². The normalized spacial score (nSPS) is 18.5. The van der Waals surface area contributed by atoms with E-state index >= 15 is 0 Å². The van der Waals surface area contributed by atoms with Gasteiger partial charge in [-0.05, 0) is 42.5 Å². The van der Waals surface area contributed by atoms with Crippen LogP contribution in [0.4, 0.5) is 0 Å². The van der Waals surface area contributed by atoms with Gasteiger partial charge in [0.15, 0.2) is 0 Å². The first-order chi connectivity index (χ1) is 9.67. The van der Waals surface area contributed by atoms with Crippen molar-refractivity contribution < 1.29 is 8.42 Å². The van der Waals surface area contributed by atoms with Crippen molar-refractivity contribution in [3.8, 4) is 0 Å². The van der Waals surface area contributed by atoms with Gasteiger partial charge in [0.25, 0.3) is 0 Å². The molecule has 3 rings (SSSR count). The molecule has 3 nitrogen and oxygen atoms in total. The van der Waals surface area contributed by atoms with Crippen molar-refractivity contribution in [1.29, 1.82) is 0 Å². The summed E-state index contributed by atoms with van der Waals surface area (Å²) in [5.41, 5.74) is 2.36. The molecule has 0 aromatic heterocycles. The van der Waals surface area contributed by atoms with Crippen LogP contribution in [0, 0.1) is 0 Å². The van der Waals surface area contributed by atoms with Crippen LogP contribution in [0.1, 0.15) is 30.0 Å². The summed E-state index contributed by atoms with van der Waals surface area (Å²) in [5.74, 6) is 0. The van der Waals surface area contributed by atoms with Crippen molar-refractivity contribution in [1.82, 2.24) is 4.72 Å². The minimum absolute atomic E-state index is 0.120. The minimum Gasteiger partial charge on any atom is -0.207 e. The highest BCUT2D eigenvalue weighted by Crippen LogP contribution is 2.30. The molecule has 104 valence electrons. The van der Waals surface area contributed by atoms with E-state index in [1.54, 1.807) is 24.3 Å². The van der Waals surface area contributed by atoms with Gasteiger partial charge in [0.1, 0.15) is 0 Å². The van der Waals surface area contributed by atoms with E-state index in [2.05, 4.69) is 10.8 Å². The maximum absolute atomic E-state index is 12.4. The maximum atomic E-state index is 12.4. The van der Waals surface area contributed by atoms with Crippen LogP contribution in [0.3, 0.4) is 0 Å². The molecule has 4 heteroatoms. The molecule has 0 fully saturated rings. The van der Waals surface area contributed by atoms with Crippen LogP contribution in [0.25, 0.3) is 0 Å². The zero-order valence-corrected chi connectivity index (χ0v) is 11.9. The molecule has 0 unspecified atom stereocenters. The smallest absolute Gasteiger partial charge is 0.207 e. The molecule has 2 aromatic carbocycles. The third-order valence-corrected chi connectivity index (χ3v) is 5.21. The highest BCUT2D eigenvalue weighted by Gasteiger charge is 2.25. The van der Waals surface area contributed by atoms with Gasteiger partial charge >= 0.3 is 0 Å². The van der Waals surface area contributed by atoms with Crippen LogP contribution in [0.15, 0.2) is 59.5 Å². The van der Waals surface area contributed by atoms with Gasteiger partial charge in [0.2, 0.25) is 10.0 Å². The van der Waals surface area contributed by atoms with Crippen LogP contribution in [-0.2, 0) is 16.4 Å². The number of rotatable bonds is 3. The van der Waals surface area contributed by atoms with Crippen LogP contribution in [0.2, 0.25) is 0 Å². The highest BCUT2D eigenvalue weighted by atomic mass is 32.2. The Bertz CT molecular complexity index is 695. The van der Waals surface area contributed by atoms with Crippen molar-refractivity contribution in [2.24, 2.45) is 0 Å². The summed E-state index contributed by atoms with van der Waals surface area (Å²) in [7, 11) is -3.45. The van der Waals surface area contributed by atoms with Crippen molar-refractivity contribution >= 4 is 10.0 Å². The molecule has 0 bridgehead atoms. The van der Waals surface area contributed by atoms with Gasteiger partial charge in [-0.2, -0.15) is 0 Å². The fraction of sp³-hybridized carbons (Fsp3) is 0.250. The number of hydrogen-bond acceptors (Lipinski definition) is 2. The fourth-order valence-corrected chi connectivity index (χ4v) is 4.00. The minimum atomic E-state index is -3.45. The largest absolute Gasteiger partial charge is 0.241 e. The van der Waals surface area contributed by atoms with E-state index in [4.69, 9.17) is 0 Å². The van der Waals surface area contributed by atoms with Gasteiger partial charge in [-0.3, -0.25) is 0 Å². The molecule has 2 aromatic rings. The topological polar surface area (TPSA) is 46.2 Å². The first-order valence-corrected chi connectivity index (χ1v) is 8.30. The lowest BCUT2D eigenvalue weighted by Gasteiger charge is -2.26. The quantitative estimate of drug-likeness (QED) is 0.943. The fourth-order valence-electron chi connectivity index (χ4n) is 2.73. The Kier molecular flexibility index (Phi) is 3.59. The Labute approximate surface area is 119 Å². The average molecular weight is 287 g/mol. The Morgan fingerprint density at radius 1 is 0.950 bits per heavy atom. The summed E-state index contributed by atoms with van der Waals surface area (Å²) in [5, 5.41) is 0. The van der Waals surface area contributed by atoms with E-state index in [1.807, 2.05) is 24.3 Å². The summed E-state index contributed by atoms with van der Waals surface area (Å²) >= 11 is 0. The molecule has 0 saturated carbocycles. The lowest BCUT2D eigenvalue weighted by Crippen LogP contribution is -2.31. The second kappa shape index (κ2) is 5.38. The molecule has 0 saturated heterocycles. The molecule has 1 aliphatic carbocycles. The second-order valence-electron chi connectivity index (χ2n) is 5.08. The van der Waals surface area contributed by atoms with E-state index in [1.165, 1.54) is 5.56 Å². The lowest BCUT2D eigenvalue weighted by atomic mass is 9.88. The molecular weight excluding hydrogens is 270 g/mol. The van der Waals surface area contributed by atoms with Crippen molar-refractivity contribution in [3.63, 3.8) is 0 Å². The monoisotopic (exact) mass is 287 g/mol. The van der Waals surface area contributed by atoms with Gasteiger partial charge in [-0.1, -0.05) is 42.5 Å². The number of hydrogen-bond donors (Lipinski definition) is 1. The van der Waals surface area contributed by atoms with Crippen LogP contribution in [-0.4, -0.2) is 8.42 Å². The van der Waals surface area contributed by atoms with Crippen molar-refractivity contribution in [2.75, 3.05) is 0 Å². The predicted molar refractivity (Wildman–Crippen MR) is 78.9 cm³/mol. The first-order valence-electron chi connectivity index (χ1n) is 6.82. The van der Waals surface area contributed by atoms with E-state index in [9.17, 15) is 8.42 Å². The van der Waals surface area contributed by atoms with E-state index in [0.29, 0.717) is 4.90 Å². The molecule has 0 heterocycles. The molecule has 0 amide bonds. The van der Waals surface area contributed by atoms with Crippen LogP contribution in [0.5, 0.6) is 0 Å². The summed E-state index contributed by atoms with van der Waals surface area (Å²) in [6, 6.07) is 16.5. The zero-order valence-electron chi connectivity index (χ0n) is 11.1. The zero-order chi connectivity index (χ0) is 14.0. The Balaban J connectivity index is 1.90. The molecule has 1 N–H and O–H groups in total. The maximum Gasteiger partial charge on any atom is 0.241 e. The van der Waals surface area contributed by atoms with Crippen molar-refractivity contribution in [2.45, 2.75) is 30.2 Å². The summed E-state index contributed by atoms with van der Waals surface area (Å²) < 4.78 is 27.6. The lowest BCUT2D eigenvalue weighted by molar-refractivity contribution is 0.507. The predicted octanol–water partition coefficient (Wildman–Crippen LogP) is 3.04. The van der Waals surface area contributed by atoms with Crippen LogP contribution >= 0.6 is 0 Å². The number of aryl methyl sites for hydroxylation is 1. The van der Waals surface area contributed by atoms with Gasteiger partial charge < -0.3 is 0 Å². The molecule has 1 atom stereocenters. The molecule has 0 spiro atoms. The van der Waals surface area contributed by atoms with Crippen molar-refractivity contribution in [3.05, 3.63) is 65.7 Å². The molecule has 0 aliphatic heterocycles. The number of fused-ring (bicyclic) bond motifs is 1. The van der Waals surface area contributed by atoms with E-state index in [0.717, 1.165) is 24.8 Å².